The number of carbonyl (C=O) groups is 1. The first-order chi connectivity index (χ1) is 13.7. The summed E-state index contributed by atoms with van der Waals surface area (Å²) >= 11 is 0. The van der Waals surface area contributed by atoms with Crippen LogP contribution in [0.5, 0.6) is 0 Å². The molecule has 6 heteroatoms. The lowest BCUT2D eigenvalue weighted by molar-refractivity contribution is 0.0963. The zero-order chi connectivity index (χ0) is 19.5. The van der Waals surface area contributed by atoms with Gasteiger partial charge in [-0.05, 0) is 37.3 Å². The number of pyridine rings is 1. The lowest BCUT2D eigenvalue weighted by atomic mass is 10.0. The number of amides is 1. The first kappa shape index (κ1) is 17.7. The number of nitrogens with zero attached hydrogens (tertiary/aromatic N) is 3. The summed E-state index contributed by atoms with van der Waals surface area (Å²) in [6.45, 7) is 2.87. The highest BCUT2D eigenvalue weighted by Gasteiger charge is 2.16. The van der Waals surface area contributed by atoms with Crippen molar-refractivity contribution in [3.8, 4) is 11.3 Å². The van der Waals surface area contributed by atoms with Crippen molar-refractivity contribution in [2.45, 2.75) is 13.5 Å². The molecule has 4 aromatic rings. The summed E-state index contributed by atoms with van der Waals surface area (Å²) in [5.74, 6) is -0.187. The molecule has 2 aromatic carbocycles. The molecular formula is C22H21N5O. The van der Waals surface area contributed by atoms with Crippen LogP contribution >= 0.6 is 0 Å². The molecule has 6 nitrogen and oxygen atoms in total. The van der Waals surface area contributed by atoms with E-state index in [0.717, 1.165) is 40.1 Å². The summed E-state index contributed by atoms with van der Waals surface area (Å²) in [7, 11) is 1.62. The standard InChI is InChI=1S/C22H21N5O/c1-3-27-12-11-19(26-27)15-9-10-20-17(13-15)21(18(14-24-20)22(28)23-2)25-16-7-5-4-6-8-16/h4-14H,3H2,1-2H3,(H,23,28)(H,24,25). The Hall–Kier alpha value is -3.67. The number of hydrogen-bond donors (Lipinski definition) is 2. The van der Waals surface area contributed by atoms with Gasteiger partial charge in [0.2, 0.25) is 0 Å². The zero-order valence-electron chi connectivity index (χ0n) is 15.8. The predicted molar refractivity (Wildman–Crippen MR) is 112 cm³/mol. The number of carbonyl (C=O) groups excluding carboxylic acids is 1. The monoisotopic (exact) mass is 371 g/mol. The van der Waals surface area contributed by atoms with Crippen molar-refractivity contribution in [3.05, 3.63) is 72.6 Å². The fourth-order valence-electron chi connectivity index (χ4n) is 3.15. The molecule has 0 fully saturated rings. The van der Waals surface area contributed by atoms with Gasteiger partial charge in [-0.25, -0.2) is 0 Å². The molecule has 0 spiro atoms. The highest BCUT2D eigenvalue weighted by Crippen LogP contribution is 2.32. The Morgan fingerprint density at radius 3 is 2.64 bits per heavy atom. The number of rotatable bonds is 5. The molecule has 0 aliphatic heterocycles. The van der Waals surface area contributed by atoms with E-state index < -0.39 is 0 Å². The number of fused-ring (bicyclic) bond motifs is 1. The van der Waals surface area contributed by atoms with Crippen LogP contribution in [-0.2, 0) is 6.54 Å². The van der Waals surface area contributed by atoms with Crippen LogP contribution in [0.25, 0.3) is 22.2 Å². The van der Waals surface area contributed by atoms with Crippen LogP contribution in [0.15, 0.2) is 67.0 Å². The molecule has 0 aliphatic carbocycles. The van der Waals surface area contributed by atoms with E-state index in [2.05, 4.69) is 27.6 Å². The maximum atomic E-state index is 12.5. The molecule has 0 atom stereocenters. The van der Waals surface area contributed by atoms with E-state index in [1.165, 1.54) is 0 Å². The molecule has 0 aliphatic rings. The van der Waals surface area contributed by atoms with Gasteiger partial charge in [0, 0.05) is 42.6 Å². The van der Waals surface area contributed by atoms with Gasteiger partial charge in [-0.3, -0.25) is 14.5 Å². The summed E-state index contributed by atoms with van der Waals surface area (Å²) in [6.07, 6.45) is 3.57. The number of nitrogens with one attached hydrogen (secondary N) is 2. The Balaban J connectivity index is 1.89. The van der Waals surface area contributed by atoms with Gasteiger partial charge >= 0.3 is 0 Å². The Bertz CT molecular complexity index is 1130. The lowest BCUT2D eigenvalue weighted by Crippen LogP contribution is -2.19. The minimum Gasteiger partial charge on any atom is -0.355 e. The second kappa shape index (κ2) is 7.52. The Labute approximate surface area is 163 Å². The molecule has 1 amide bonds. The van der Waals surface area contributed by atoms with Gasteiger partial charge in [0.05, 0.1) is 22.5 Å². The largest absolute Gasteiger partial charge is 0.355 e. The molecule has 2 aromatic heterocycles. The number of hydrogen-bond acceptors (Lipinski definition) is 4. The van der Waals surface area contributed by atoms with Crippen molar-refractivity contribution in [1.29, 1.82) is 0 Å². The smallest absolute Gasteiger partial charge is 0.254 e. The summed E-state index contributed by atoms with van der Waals surface area (Å²) in [6, 6.07) is 17.8. The molecule has 0 unspecified atom stereocenters. The van der Waals surface area contributed by atoms with Crippen LogP contribution in [0.3, 0.4) is 0 Å². The molecule has 0 saturated carbocycles. The molecule has 28 heavy (non-hydrogen) atoms. The third-order valence-corrected chi connectivity index (χ3v) is 4.64. The molecule has 0 bridgehead atoms. The molecule has 4 rings (SSSR count). The van der Waals surface area contributed by atoms with Crippen LogP contribution < -0.4 is 10.6 Å². The van der Waals surface area contributed by atoms with Crippen molar-refractivity contribution in [2.75, 3.05) is 12.4 Å². The van der Waals surface area contributed by atoms with Gasteiger partial charge in [0.25, 0.3) is 5.91 Å². The summed E-state index contributed by atoms with van der Waals surface area (Å²) in [5, 5.41) is 11.6. The Morgan fingerprint density at radius 2 is 1.93 bits per heavy atom. The van der Waals surface area contributed by atoms with Crippen LogP contribution in [0, 0.1) is 0 Å². The fourth-order valence-corrected chi connectivity index (χ4v) is 3.15. The van der Waals surface area contributed by atoms with Crippen molar-refractivity contribution in [1.82, 2.24) is 20.1 Å². The van der Waals surface area contributed by atoms with Crippen molar-refractivity contribution >= 4 is 28.2 Å². The third-order valence-electron chi connectivity index (χ3n) is 4.64. The van der Waals surface area contributed by atoms with Gasteiger partial charge in [0.15, 0.2) is 0 Å². The average molecular weight is 371 g/mol. The second-order valence-corrected chi connectivity index (χ2v) is 6.41. The summed E-state index contributed by atoms with van der Waals surface area (Å²) < 4.78 is 1.89. The van der Waals surface area contributed by atoms with E-state index in [0.29, 0.717) is 5.56 Å². The van der Waals surface area contributed by atoms with Crippen LogP contribution in [0.1, 0.15) is 17.3 Å². The highest BCUT2D eigenvalue weighted by atomic mass is 16.1. The topological polar surface area (TPSA) is 71.8 Å². The molecule has 0 radical (unpaired) electrons. The minimum absolute atomic E-state index is 0.187. The number of para-hydroxylation sites is 1. The Morgan fingerprint density at radius 1 is 1.11 bits per heavy atom. The van der Waals surface area contributed by atoms with Gasteiger partial charge in [-0.15, -0.1) is 0 Å². The zero-order valence-corrected chi connectivity index (χ0v) is 15.8. The molecule has 2 N–H and O–H groups in total. The van der Waals surface area contributed by atoms with E-state index in [1.807, 2.05) is 65.5 Å². The van der Waals surface area contributed by atoms with Gasteiger partial charge in [0.1, 0.15) is 0 Å². The first-order valence-corrected chi connectivity index (χ1v) is 9.20. The van der Waals surface area contributed by atoms with E-state index in [9.17, 15) is 4.79 Å². The van der Waals surface area contributed by atoms with Crippen LogP contribution in [0.2, 0.25) is 0 Å². The summed E-state index contributed by atoms with van der Waals surface area (Å²) in [5.41, 5.74) is 4.81. The number of aromatic nitrogens is 3. The predicted octanol–water partition coefficient (Wildman–Crippen LogP) is 4.22. The molecule has 0 saturated heterocycles. The number of aryl methyl sites for hydroxylation is 1. The highest BCUT2D eigenvalue weighted by molar-refractivity contribution is 6.08. The van der Waals surface area contributed by atoms with Crippen molar-refractivity contribution < 1.29 is 4.79 Å². The maximum Gasteiger partial charge on any atom is 0.254 e. The number of anilines is 2. The van der Waals surface area contributed by atoms with E-state index >= 15 is 0 Å². The van der Waals surface area contributed by atoms with Crippen molar-refractivity contribution in [2.24, 2.45) is 0 Å². The molecule has 2 heterocycles. The first-order valence-electron chi connectivity index (χ1n) is 9.20. The lowest BCUT2D eigenvalue weighted by Gasteiger charge is -2.14. The minimum atomic E-state index is -0.187. The van der Waals surface area contributed by atoms with Gasteiger partial charge in [-0.2, -0.15) is 5.10 Å². The van der Waals surface area contributed by atoms with Gasteiger partial charge < -0.3 is 10.6 Å². The number of benzene rings is 2. The summed E-state index contributed by atoms with van der Waals surface area (Å²) in [4.78, 5) is 16.9. The van der Waals surface area contributed by atoms with Crippen LogP contribution in [-0.4, -0.2) is 27.7 Å². The van der Waals surface area contributed by atoms with E-state index in [1.54, 1.807) is 13.2 Å². The van der Waals surface area contributed by atoms with Crippen LogP contribution in [0.4, 0.5) is 11.4 Å². The molecular weight excluding hydrogens is 350 g/mol. The van der Waals surface area contributed by atoms with E-state index in [-0.39, 0.29) is 5.91 Å². The average Bonchev–Trinajstić information content (AvgIpc) is 3.23. The maximum absolute atomic E-state index is 12.5. The molecule has 140 valence electrons. The van der Waals surface area contributed by atoms with Crippen molar-refractivity contribution in [3.63, 3.8) is 0 Å². The Kier molecular flexibility index (Phi) is 4.76. The van der Waals surface area contributed by atoms with Gasteiger partial charge in [-0.1, -0.05) is 24.3 Å². The fraction of sp³-hybridized carbons (Fsp3) is 0.136. The normalized spacial score (nSPS) is 10.8. The SMILES string of the molecule is CCn1ccc(-c2ccc3ncc(C(=O)NC)c(Nc4ccccc4)c3c2)n1. The quantitative estimate of drug-likeness (QED) is 0.551. The van der Waals surface area contributed by atoms with E-state index in [4.69, 9.17) is 0 Å². The third kappa shape index (κ3) is 3.32. The second-order valence-electron chi connectivity index (χ2n) is 6.41.